The fourth-order valence-electron chi connectivity index (χ4n) is 5.06. The van der Waals surface area contributed by atoms with E-state index in [1.54, 1.807) is 18.2 Å². The zero-order valence-corrected chi connectivity index (χ0v) is 20.3. The molecule has 0 bridgehead atoms. The number of rotatable bonds is 6. The average molecular weight is 485 g/mol. The summed E-state index contributed by atoms with van der Waals surface area (Å²) >= 11 is 12.2. The van der Waals surface area contributed by atoms with Crippen LogP contribution in [0.2, 0.25) is 10.0 Å². The van der Waals surface area contributed by atoms with Crippen LogP contribution in [0.4, 0.5) is 10.5 Å². The Kier molecular flexibility index (Phi) is 8.14. The lowest BCUT2D eigenvalue weighted by Gasteiger charge is -2.38. The number of nitrogens with one attached hydrogen (secondary N) is 1. The highest BCUT2D eigenvalue weighted by atomic mass is 35.5. The van der Waals surface area contributed by atoms with E-state index in [1.165, 1.54) is 18.4 Å². The van der Waals surface area contributed by atoms with E-state index in [9.17, 15) is 10.1 Å². The first kappa shape index (κ1) is 23.9. The Morgan fingerprint density at radius 3 is 2.52 bits per heavy atom. The number of halogens is 2. The maximum atomic E-state index is 13.3. The van der Waals surface area contributed by atoms with Crippen LogP contribution in [-0.2, 0) is 0 Å². The Bertz CT molecular complexity index is 1010. The second-order valence-corrected chi connectivity index (χ2v) is 9.86. The van der Waals surface area contributed by atoms with E-state index in [0.29, 0.717) is 33.8 Å². The molecule has 1 heterocycles. The molecule has 1 saturated heterocycles. The first-order valence-electron chi connectivity index (χ1n) is 11.8. The van der Waals surface area contributed by atoms with Gasteiger partial charge in [-0.2, -0.15) is 5.26 Å². The van der Waals surface area contributed by atoms with Crippen molar-refractivity contribution in [3.63, 3.8) is 0 Å². The highest BCUT2D eigenvalue weighted by Gasteiger charge is 2.30. The summed E-state index contributed by atoms with van der Waals surface area (Å²) in [4.78, 5) is 17.8. The van der Waals surface area contributed by atoms with Crippen LogP contribution in [0, 0.1) is 11.3 Å². The summed E-state index contributed by atoms with van der Waals surface area (Å²) in [5, 5.41) is 13.1. The summed E-state index contributed by atoms with van der Waals surface area (Å²) in [5.41, 5.74) is 2.60. The molecule has 2 fully saturated rings. The van der Waals surface area contributed by atoms with Crippen LogP contribution in [0.25, 0.3) is 0 Å². The van der Waals surface area contributed by atoms with Crippen LogP contribution >= 0.6 is 23.2 Å². The standard InChI is InChI=1S/C26H30Cl2N4O/c27-24-11-8-22(17-25(24)28)30-26(33)32(15-14-31-12-1-2-13-31)23-9-6-20(7-10-23)21-5-3-4-19(16-21)18-29/h3-5,8,11,16-17,20,23H,1-2,6-7,9-10,12-15H2,(H,30,33)/t20-,23-. The van der Waals surface area contributed by atoms with E-state index in [1.807, 2.05) is 23.1 Å². The first-order chi connectivity index (χ1) is 16.0. The fraction of sp³-hybridized carbons (Fsp3) is 0.462. The van der Waals surface area contributed by atoms with Crippen LogP contribution in [0.3, 0.4) is 0 Å². The van der Waals surface area contributed by atoms with Gasteiger partial charge in [-0.05, 0) is 93.4 Å². The van der Waals surface area contributed by atoms with Crippen LogP contribution in [0.5, 0.6) is 0 Å². The van der Waals surface area contributed by atoms with Crippen LogP contribution in [0.1, 0.15) is 55.6 Å². The number of hydrogen-bond acceptors (Lipinski definition) is 3. The van der Waals surface area contributed by atoms with E-state index >= 15 is 0 Å². The summed E-state index contributed by atoms with van der Waals surface area (Å²) in [6, 6.07) is 15.5. The molecular formula is C26H30Cl2N4O. The Morgan fingerprint density at radius 2 is 1.82 bits per heavy atom. The summed E-state index contributed by atoms with van der Waals surface area (Å²) in [6.45, 7) is 3.85. The molecule has 0 aromatic heterocycles. The Hall–Kier alpha value is -2.26. The normalized spacial score (nSPS) is 20.9. The van der Waals surface area contributed by atoms with Crippen LogP contribution in [0.15, 0.2) is 42.5 Å². The van der Waals surface area contributed by atoms with Crippen molar-refractivity contribution in [1.82, 2.24) is 9.80 Å². The molecule has 4 rings (SSSR count). The maximum Gasteiger partial charge on any atom is 0.322 e. The Balaban J connectivity index is 1.43. The minimum Gasteiger partial charge on any atom is -0.320 e. The van der Waals surface area contributed by atoms with E-state index in [-0.39, 0.29) is 12.1 Å². The van der Waals surface area contributed by atoms with Gasteiger partial charge in [0.25, 0.3) is 0 Å². The lowest BCUT2D eigenvalue weighted by molar-refractivity contribution is 0.151. The summed E-state index contributed by atoms with van der Waals surface area (Å²) in [7, 11) is 0. The van der Waals surface area contributed by atoms with Gasteiger partial charge in [-0.25, -0.2) is 4.79 Å². The van der Waals surface area contributed by atoms with Gasteiger partial charge in [0.1, 0.15) is 0 Å². The van der Waals surface area contributed by atoms with Gasteiger partial charge >= 0.3 is 6.03 Å². The molecule has 2 amide bonds. The van der Waals surface area contributed by atoms with E-state index in [4.69, 9.17) is 23.2 Å². The molecule has 1 aliphatic heterocycles. The third kappa shape index (κ3) is 6.20. The molecule has 1 saturated carbocycles. The molecule has 0 atom stereocenters. The number of nitriles is 1. The van der Waals surface area contributed by atoms with Gasteiger partial charge in [-0.15, -0.1) is 0 Å². The molecule has 2 aromatic carbocycles. The number of hydrogen-bond donors (Lipinski definition) is 1. The number of carbonyl (C=O) groups excluding carboxylic acids is 1. The zero-order valence-electron chi connectivity index (χ0n) is 18.8. The molecule has 2 aromatic rings. The minimum atomic E-state index is -0.0810. The van der Waals surface area contributed by atoms with Crippen molar-refractivity contribution in [2.24, 2.45) is 0 Å². The van der Waals surface area contributed by atoms with Crippen molar-refractivity contribution >= 4 is 34.9 Å². The smallest absolute Gasteiger partial charge is 0.320 e. The molecule has 2 aliphatic rings. The summed E-state index contributed by atoms with van der Waals surface area (Å²) in [5.74, 6) is 0.438. The Morgan fingerprint density at radius 1 is 1.06 bits per heavy atom. The second kappa shape index (κ2) is 11.2. The largest absolute Gasteiger partial charge is 0.322 e. The molecule has 1 aliphatic carbocycles. The summed E-state index contributed by atoms with van der Waals surface area (Å²) < 4.78 is 0. The SMILES string of the molecule is N#Cc1cccc([C@H]2CC[C@H](N(CCN3CCCC3)C(=O)Nc3ccc(Cl)c(Cl)c3)CC2)c1. The molecule has 5 nitrogen and oxygen atoms in total. The third-order valence-corrected chi connectivity index (χ3v) is 7.65. The topological polar surface area (TPSA) is 59.4 Å². The van der Waals surface area contributed by atoms with Gasteiger partial charge in [0.05, 0.1) is 21.7 Å². The van der Waals surface area contributed by atoms with Crippen molar-refractivity contribution in [3.05, 3.63) is 63.6 Å². The highest BCUT2D eigenvalue weighted by molar-refractivity contribution is 6.42. The minimum absolute atomic E-state index is 0.0810. The van der Waals surface area contributed by atoms with Gasteiger partial charge in [0.15, 0.2) is 0 Å². The highest BCUT2D eigenvalue weighted by Crippen LogP contribution is 2.35. The first-order valence-corrected chi connectivity index (χ1v) is 12.5. The average Bonchev–Trinajstić information content (AvgIpc) is 3.36. The molecule has 0 radical (unpaired) electrons. The predicted octanol–water partition coefficient (Wildman–Crippen LogP) is 6.52. The third-order valence-electron chi connectivity index (χ3n) is 6.91. The van der Waals surface area contributed by atoms with Crippen LogP contribution < -0.4 is 5.32 Å². The lowest BCUT2D eigenvalue weighted by atomic mass is 9.81. The zero-order chi connectivity index (χ0) is 23.2. The van der Waals surface area contributed by atoms with Crippen molar-refractivity contribution in [3.8, 4) is 6.07 Å². The fourth-order valence-corrected chi connectivity index (χ4v) is 5.36. The quantitative estimate of drug-likeness (QED) is 0.507. The molecule has 1 N–H and O–H groups in total. The number of urea groups is 1. The number of anilines is 1. The van der Waals surface area contributed by atoms with Gasteiger partial charge < -0.3 is 15.1 Å². The Labute approximate surface area is 206 Å². The van der Waals surface area contributed by atoms with Gasteiger partial charge in [-0.3, -0.25) is 0 Å². The van der Waals surface area contributed by atoms with Crippen molar-refractivity contribution < 1.29 is 4.79 Å². The van der Waals surface area contributed by atoms with Crippen molar-refractivity contribution in [2.45, 2.75) is 50.5 Å². The monoisotopic (exact) mass is 484 g/mol. The molecule has 0 unspecified atom stereocenters. The van der Waals surface area contributed by atoms with E-state index in [2.05, 4.69) is 22.4 Å². The second-order valence-electron chi connectivity index (χ2n) is 9.04. The predicted molar refractivity (Wildman–Crippen MR) is 134 cm³/mol. The molecule has 174 valence electrons. The number of likely N-dealkylation sites (tertiary alicyclic amines) is 1. The number of amides is 2. The van der Waals surface area contributed by atoms with Crippen LogP contribution in [-0.4, -0.2) is 48.1 Å². The van der Waals surface area contributed by atoms with E-state index < -0.39 is 0 Å². The number of benzene rings is 2. The molecule has 33 heavy (non-hydrogen) atoms. The van der Waals surface area contributed by atoms with Gasteiger partial charge in [0, 0.05) is 24.8 Å². The van der Waals surface area contributed by atoms with Gasteiger partial charge in [-0.1, -0.05) is 35.3 Å². The maximum absolute atomic E-state index is 13.3. The lowest BCUT2D eigenvalue weighted by Crippen LogP contribution is -2.47. The number of carbonyl (C=O) groups is 1. The molecule has 0 spiro atoms. The van der Waals surface area contributed by atoms with E-state index in [0.717, 1.165) is 45.3 Å². The molecule has 7 heteroatoms. The van der Waals surface area contributed by atoms with Crippen molar-refractivity contribution in [1.29, 1.82) is 5.26 Å². The van der Waals surface area contributed by atoms with Gasteiger partial charge in [0.2, 0.25) is 0 Å². The summed E-state index contributed by atoms with van der Waals surface area (Å²) in [6.07, 6.45) is 6.41. The molecular weight excluding hydrogens is 455 g/mol. The van der Waals surface area contributed by atoms with Crippen molar-refractivity contribution in [2.75, 3.05) is 31.5 Å². The number of nitrogens with zero attached hydrogens (tertiary/aromatic N) is 3.